The quantitative estimate of drug-likeness (QED) is 0.217. The Balaban J connectivity index is 1.56. The lowest BCUT2D eigenvalue weighted by molar-refractivity contribution is 0.399. The summed E-state index contributed by atoms with van der Waals surface area (Å²) < 4.78 is 17.9. The normalized spacial score (nSPS) is 11.2. The molecule has 0 aliphatic rings. The highest BCUT2D eigenvalue weighted by Crippen LogP contribution is 2.33. The van der Waals surface area contributed by atoms with Crippen molar-refractivity contribution in [1.82, 2.24) is 20.2 Å². The molecule has 32 heavy (non-hydrogen) atoms. The highest BCUT2D eigenvalue weighted by Gasteiger charge is 2.16. The van der Waals surface area contributed by atoms with Crippen LogP contribution in [0.1, 0.15) is 5.56 Å². The van der Waals surface area contributed by atoms with Gasteiger partial charge in [-0.05, 0) is 45.0 Å². The maximum atomic E-state index is 12.2. The molecule has 0 spiro atoms. The molecule has 2 heterocycles. The van der Waals surface area contributed by atoms with Gasteiger partial charge >= 0.3 is 5.63 Å². The van der Waals surface area contributed by atoms with Crippen molar-refractivity contribution in [2.24, 2.45) is 0 Å². The molecule has 0 radical (unpaired) electrons. The molecule has 0 amide bonds. The second kappa shape index (κ2) is 8.35. The van der Waals surface area contributed by atoms with Crippen LogP contribution in [0.15, 0.2) is 75.0 Å². The molecule has 160 valence electrons. The molecule has 0 saturated heterocycles. The summed E-state index contributed by atoms with van der Waals surface area (Å²) in [5.74, 6) is 1.74. The third-order valence-electron chi connectivity index (χ3n) is 5.13. The first-order valence-corrected chi connectivity index (χ1v) is 10.7. The van der Waals surface area contributed by atoms with Gasteiger partial charge in [-0.1, -0.05) is 42.1 Å². The van der Waals surface area contributed by atoms with Crippen LogP contribution in [-0.2, 0) is 5.75 Å². The number of aromatic nitrogens is 4. The van der Waals surface area contributed by atoms with Crippen molar-refractivity contribution < 1.29 is 13.9 Å². The van der Waals surface area contributed by atoms with Gasteiger partial charge in [0.05, 0.1) is 14.2 Å². The van der Waals surface area contributed by atoms with Gasteiger partial charge in [-0.3, -0.25) is 0 Å². The van der Waals surface area contributed by atoms with Crippen LogP contribution in [0, 0.1) is 0 Å². The Bertz CT molecular complexity index is 1490. The van der Waals surface area contributed by atoms with Crippen LogP contribution in [0.2, 0.25) is 0 Å². The Labute approximate surface area is 186 Å². The van der Waals surface area contributed by atoms with Crippen LogP contribution < -0.4 is 15.1 Å². The predicted octanol–water partition coefficient (Wildman–Crippen LogP) is 4.23. The fourth-order valence-corrected chi connectivity index (χ4v) is 4.52. The molecule has 0 saturated carbocycles. The molecule has 2 aromatic heterocycles. The summed E-state index contributed by atoms with van der Waals surface area (Å²) in [5.41, 5.74) is 1.67. The Hall–Kier alpha value is -3.85. The van der Waals surface area contributed by atoms with Crippen molar-refractivity contribution in [3.8, 4) is 17.2 Å². The molecule has 0 bridgehead atoms. The van der Waals surface area contributed by atoms with Crippen LogP contribution in [0.25, 0.3) is 27.4 Å². The SMILES string of the molecule is COc1ccc(OC)c(-n2nnnc2SCc2cc(=O)oc3ccc4ccccc4c23)c1. The first-order valence-electron chi connectivity index (χ1n) is 9.76. The van der Waals surface area contributed by atoms with E-state index in [9.17, 15) is 4.79 Å². The van der Waals surface area contributed by atoms with E-state index in [1.807, 2.05) is 36.4 Å². The molecule has 5 aromatic rings. The van der Waals surface area contributed by atoms with Gasteiger partial charge in [-0.25, -0.2) is 4.79 Å². The minimum Gasteiger partial charge on any atom is -0.497 e. The number of hydrogen-bond acceptors (Lipinski definition) is 8. The third-order valence-corrected chi connectivity index (χ3v) is 6.09. The predicted molar refractivity (Wildman–Crippen MR) is 122 cm³/mol. The maximum absolute atomic E-state index is 12.2. The highest BCUT2D eigenvalue weighted by molar-refractivity contribution is 7.98. The van der Waals surface area contributed by atoms with Gasteiger partial charge in [0, 0.05) is 23.3 Å². The molecular weight excluding hydrogens is 428 g/mol. The summed E-state index contributed by atoms with van der Waals surface area (Å²) in [6, 6.07) is 18.7. The molecule has 5 rings (SSSR count). The smallest absolute Gasteiger partial charge is 0.336 e. The zero-order valence-corrected chi connectivity index (χ0v) is 18.1. The van der Waals surface area contributed by atoms with E-state index in [2.05, 4.69) is 15.5 Å². The summed E-state index contributed by atoms with van der Waals surface area (Å²) >= 11 is 1.42. The fourth-order valence-electron chi connectivity index (χ4n) is 3.66. The lowest BCUT2D eigenvalue weighted by Gasteiger charge is -2.11. The van der Waals surface area contributed by atoms with Crippen molar-refractivity contribution >= 4 is 33.5 Å². The number of nitrogens with zero attached hydrogens (tertiary/aromatic N) is 4. The minimum absolute atomic E-state index is 0.391. The summed E-state index contributed by atoms with van der Waals surface area (Å²) in [6.07, 6.45) is 0. The zero-order chi connectivity index (χ0) is 22.1. The second-order valence-corrected chi connectivity index (χ2v) is 7.89. The van der Waals surface area contributed by atoms with Gasteiger partial charge in [0.2, 0.25) is 5.16 Å². The van der Waals surface area contributed by atoms with E-state index in [1.165, 1.54) is 17.8 Å². The largest absolute Gasteiger partial charge is 0.497 e. The van der Waals surface area contributed by atoms with Crippen molar-refractivity contribution in [3.63, 3.8) is 0 Å². The van der Waals surface area contributed by atoms with Gasteiger partial charge in [0.1, 0.15) is 22.8 Å². The molecule has 0 fully saturated rings. The summed E-state index contributed by atoms with van der Waals surface area (Å²) in [6.45, 7) is 0. The monoisotopic (exact) mass is 446 g/mol. The number of hydrogen-bond donors (Lipinski definition) is 0. The van der Waals surface area contributed by atoms with E-state index >= 15 is 0 Å². The number of methoxy groups -OCH3 is 2. The molecule has 0 atom stereocenters. The first kappa shape index (κ1) is 20.1. The number of rotatable bonds is 6. The van der Waals surface area contributed by atoms with Crippen LogP contribution in [-0.4, -0.2) is 34.4 Å². The van der Waals surface area contributed by atoms with Crippen molar-refractivity contribution in [2.75, 3.05) is 14.2 Å². The number of thioether (sulfide) groups is 1. The zero-order valence-electron chi connectivity index (χ0n) is 17.3. The summed E-state index contributed by atoms with van der Waals surface area (Å²) in [4.78, 5) is 12.2. The molecular formula is C23H18N4O4S. The Morgan fingerprint density at radius 1 is 1.03 bits per heavy atom. The van der Waals surface area contributed by atoms with E-state index in [0.29, 0.717) is 33.7 Å². The Kier molecular flexibility index (Phi) is 5.24. The summed E-state index contributed by atoms with van der Waals surface area (Å²) in [5, 5.41) is 15.7. The Morgan fingerprint density at radius 3 is 2.75 bits per heavy atom. The molecule has 3 aromatic carbocycles. The Morgan fingerprint density at radius 2 is 1.91 bits per heavy atom. The van der Waals surface area contributed by atoms with Crippen LogP contribution >= 0.6 is 11.8 Å². The van der Waals surface area contributed by atoms with Gasteiger partial charge in [0.15, 0.2) is 0 Å². The number of ether oxygens (including phenoxy) is 2. The van der Waals surface area contributed by atoms with Crippen molar-refractivity contribution in [3.05, 3.63) is 76.6 Å². The maximum Gasteiger partial charge on any atom is 0.336 e. The van der Waals surface area contributed by atoms with E-state index in [1.54, 1.807) is 37.1 Å². The number of benzene rings is 3. The van der Waals surface area contributed by atoms with Crippen molar-refractivity contribution in [2.45, 2.75) is 10.9 Å². The number of fused-ring (bicyclic) bond motifs is 3. The van der Waals surface area contributed by atoms with Gasteiger partial charge < -0.3 is 13.9 Å². The molecule has 0 N–H and O–H groups in total. The third kappa shape index (κ3) is 3.56. The van der Waals surface area contributed by atoms with Gasteiger partial charge in [-0.2, -0.15) is 4.68 Å². The summed E-state index contributed by atoms with van der Waals surface area (Å²) in [7, 11) is 3.18. The van der Waals surface area contributed by atoms with Crippen LogP contribution in [0.4, 0.5) is 0 Å². The van der Waals surface area contributed by atoms with Crippen molar-refractivity contribution in [1.29, 1.82) is 0 Å². The van der Waals surface area contributed by atoms with E-state index in [0.717, 1.165) is 21.7 Å². The van der Waals surface area contributed by atoms with E-state index < -0.39 is 5.63 Å². The van der Waals surface area contributed by atoms with E-state index in [-0.39, 0.29) is 0 Å². The lowest BCUT2D eigenvalue weighted by atomic mass is 10.0. The van der Waals surface area contributed by atoms with E-state index in [4.69, 9.17) is 13.9 Å². The molecule has 8 nitrogen and oxygen atoms in total. The van der Waals surface area contributed by atoms with Gasteiger partial charge in [-0.15, -0.1) is 5.10 Å². The second-order valence-electron chi connectivity index (χ2n) is 6.95. The molecule has 9 heteroatoms. The average molecular weight is 446 g/mol. The van der Waals surface area contributed by atoms with Crippen LogP contribution in [0.3, 0.4) is 0 Å². The standard InChI is InChI=1S/C23H18N4O4S/c1-29-16-8-10-19(30-2)18(12-16)27-23(24-25-26-27)32-13-15-11-21(28)31-20-9-7-14-5-3-4-6-17(14)22(15)20/h3-12H,13H2,1-2H3. The van der Waals surface area contributed by atoms with Gasteiger partial charge in [0.25, 0.3) is 0 Å². The topological polar surface area (TPSA) is 92.3 Å². The first-order chi connectivity index (χ1) is 15.7. The molecule has 0 unspecified atom stereocenters. The van der Waals surface area contributed by atoms with Crippen LogP contribution in [0.5, 0.6) is 11.5 Å². The number of tetrazole rings is 1. The minimum atomic E-state index is -0.391. The lowest BCUT2D eigenvalue weighted by Crippen LogP contribution is -2.04. The molecule has 0 aliphatic carbocycles. The average Bonchev–Trinajstić information content (AvgIpc) is 3.30. The molecule has 0 aliphatic heterocycles. The fraction of sp³-hybridized carbons (Fsp3) is 0.130. The highest BCUT2D eigenvalue weighted by atomic mass is 32.2.